The molecule has 0 aliphatic rings. The third-order valence-corrected chi connectivity index (χ3v) is 4.60. The van der Waals surface area contributed by atoms with Crippen molar-refractivity contribution >= 4 is 17.2 Å². The number of nitrogens with zero attached hydrogens (tertiary/aromatic N) is 5. The maximum atomic E-state index is 13.5. The second-order valence-electron chi connectivity index (χ2n) is 6.90. The van der Waals surface area contributed by atoms with Crippen molar-refractivity contribution in [1.82, 2.24) is 24.1 Å². The first-order valence-electron chi connectivity index (χ1n) is 8.86. The van der Waals surface area contributed by atoms with Crippen LogP contribution < -0.4 is 5.32 Å². The number of benzene rings is 1. The number of fused-ring (bicyclic) bond motifs is 1. The number of carbonyl (C=O) groups excluding carboxylic acids is 1. The average Bonchev–Trinajstić information content (AvgIpc) is 3.28. The van der Waals surface area contributed by atoms with E-state index in [1.165, 1.54) is 28.9 Å². The van der Waals surface area contributed by atoms with Crippen molar-refractivity contribution in [2.75, 3.05) is 5.32 Å². The second-order valence-corrected chi connectivity index (χ2v) is 6.90. The molecule has 0 saturated heterocycles. The third kappa shape index (κ3) is 3.58. The molecular formula is C20H18F2N6O. The van der Waals surface area contributed by atoms with Crippen LogP contribution in [0.4, 0.5) is 14.5 Å². The van der Waals surface area contributed by atoms with E-state index in [4.69, 9.17) is 0 Å². The van der Waals surface area contributed by atoms with Crippen molar-refractivity contribution in [2.24, 2.45) is 7.05 Å². The van der Waals surface area contributed by atoms with Crippen molar-refractivity contribution in [3.63, 3.8) is 0 Å². The van der Waals surface area contributed by atoms with Crippen molar-refractivity contribution in [3.8, 4) is 11.4 Å². The van der Waals surface area contributed by atoms with Crippen LogP contribution in [-0.4, -0.2) is 30.1 Å². The van der Waals surface area contributed by atoms with E-state index in [0.29, 0.717) is 11.5 Å². The lowest BCUT2D eigenvalue weighted by Gasteiger charge is -2.11. The van der Waals surface area contributed by atoms with Gasteiger partial charge in [-0.05, 0) is 30.7 Å². The zero-order chi connectivity index (χ0) is 20.8. The zero-order valence-electron chi connectivity index (χ0n) is 16.0. The molecular weight excluding hydrogens is 378 g/mol. The monoisotopic (exact) mass is 396 g/mol. The van der Waals surface area contributed by atoms with Crippen LogP contribution in [0, 0.1) is 6.92 Å². The van der Waals surface area contributed by atoms with Crippen LogP contribution in [0.15, 0.2) is 49.1 Å². The molecule has 1 amide bonds. The van der Waals surface area contributed by atoms with Gasteiger partial charge in [0.25, 0.3) is 11.8 Å². The van der Waals surface area contributed by atoms with Gasteiger partial charge in [-0.15, -0.1) is 0 Å². The number of rotatable bonds is 4. The average molecular weight is 396 g/mol. The Bertz CT molecular complexity index is 1220. The normalized spacial score (nSPS) is 11.8. The van der Waals surface area contributed by atoms with Crippen molar-refractivity contribution in [2.45, 2.75) is 19.8 Å². The maximum absolute atomic E-state index is 13.5. The number of amides is 1. The molecule has 0 aliphatic heterocycles. The molecule has 1 aromatic carbocycles. The van der Waals surface area contributed by atoms with Gasteiger partial charge in [0.2, 0.25) is 0 Å². The van der Waals surface area contributed by atoms with Gasteiger partial charge in [0.1, 0.15) is 17.7 Å². The summed E-state index contributed by atoms with van der Waals surface area (Å²) in [5, 5.41) is 7.12. The molecule has 0 saturated carbocycles. The number of imidazole rings is 1. The fourth-order valence-electron chi connectivity index (χ4n) is 2.98. The number of hydrogen-bond acceptors (Lipinski definition) is 4. The minimum Gasteiger partial charge on any atom is -0.320 e. The number of aryl methyl sites for hydroxylation is 2. The number of pyridine rings is 1. The fourth-order valence-corrected chi connectivity index (χ4v) is 2.98. The second kappa shape index (κ2) is 6.77. The van der Waals surface area contributed by atoms with E-state index < -0.39 is 11.8 Å². The van der Waals surface area contributed by atoms with Crippen LogP contribution in [0.5, 0.6) is 0 Å². The molecule has 0 fully saturated rings. The summed E-state index contributed by atoms with van der Waals surface area (Å²) in [6.07, 6.45) is 4.38. The molecule has 1 N–H and O–H groups in total. The summed E-state index contributed by atoms with van der Waals surface area (Å²) in [6.45, 7) is 2.69. The van der Waals surface area contributed by atoms with E-state index in [0.717, 1.165) is 18.1 Å². The van der Waals surface area contributed by atoms with Gasteiger partial charge in [0, 0.05) is 37.0 Å². The highest BCUT2D eigenvalue weighted by atomic mass is 19.3. The first-order valence-corrected chi connectivity index (χ1v) is 8.86. The molecule has 0 unspecified atom stereocenters. The van der Waals surface area contributed by atoms with Crippen molar-refractivity contribution < 1.29 is 13.6 Å². The Labute approximate surface area is 165 Å². The highest BCUT2D eigenvalue weighted by Gasteiger charge is 2.25. The molecule has 0 spiro atoms. The van der Waals surface area contributed by atoms with Crippen LogP contribution >= 0.6 is 0 Å². The van der Waals surface area contributed by atoms with E-state index in [9.17, 15) is 13.6 Å². The number of anilines is 1. The van der Waals surface area contributed by atoms with Crippen molar-refractivity contribution in [1.29, 1.82) is 0 Å². The van der Waals surface area contributed by atoms with E-state index in [2.05, 4.69) is 20.4 Å². The molecule has 9 heteroatoms. The Morgan fingerprint density at radius 1 is 1.17 bits per heavy atom. The third-order valence-electron chi connectivity index (χ3n) is 4.60. The van der Waals surface area contributed by atoms with Gasteiger partial charge in [0.05, 0.1) is 6.20 Å². The first kappa shape index (κ1) is 18.7. The van der Waals surface area contributed by atoms with E-state index in [-0.39, 0.29) is 16.9 Å². The minimum atomic E-state index is -2.98. The number of hydrogen-bond donors (Lipinski definition) is 1. The highest BCUT2D eigenvalue weighted by molar-refractivity contribution is 6.04. The summed E-state index contributed by atoms with van der Waals surface area (Å²) < 4.78 is 30.1. The lowest BCUT2D eigenvalue weighted by atomic mass is 10.1. The number of halogens is 2. The molecule has 7 nitrogen and oxygen atoms in total. The Morgan fingerprint density at radius 3 is 2.66 bits per heavy atom. The van der Waals surface area contributed by atoms with Gasteiger partial charge < -0.3 is 5.32 Å². The molecule has 0 atom stereocenters. The topological polar surface area (TPSA) is 77.1 Å². The Morgan fingerprint density at radius 2 is 1.97 bits per heavy atom. The summed E-state index contributed by atoms with van der Waals surface area (Å²) in [7, 11) is 1.78. The van der Waals surface area contributed by atoms with Gasteiger partial charge in [-0.2, -0.15) is 5.10 Å². The zero-order valence-corrected chi connectivity index (χ0v) is 16.0. The fraction of sp³-hybridized carbons (Fsp3) is 0.200. The standard InChI is InChI=1S/C20H18F2N6O/c1-12-4-5-13(18-24-11-27(3)26-18)8-15(12)25-19(29)16-10-23-17-9-14(20(2,21)22)6-7-28(16)17/h4-11H,1-3H3,(H,25,29). The maximum Gasteiger partial charge on any atom is 0.274 e. The smallest absolute Gasteiger partial charge is 0.274 e. The summed E-state index contributed by atoms with van der Waals surface area (Å²) >= 11 is 0. The van der Waals surface area contributed by atoms with Gasteiger partial charge in [-0.1, -0.05) is 12.1 Å². The van der Waals surface area contributed by atoms with Gasteiger partial charge >= 0.3 is 0 Å². The summed E-state index contributed by atoms with van der Waals surface area (Å²) in [6, 6.07) is 8.09. The van der Waals surface area contributed by atoms with E-state index in [1.54, 1.807) is 24.1 Å². The van der Waals surface area contributed by atoms with Gasteiger partial charge in [-0.25, -0.2) is 18.7 Å². The van der Waals surface area contributed by atoms with Crippen LogP contribution in [0.1, 0.15) is 28.5 Å². The summed E-state index contributed by atoms with van der Waals surface area (Å²) in [5.74, 6) is -2.83. The number of alkyl halides is 2. The number of aromatic nitrogens is 5. The Kier molecular flexibility index (Phi) is 4.37. The predicted octanol–water partition coefficient (Wildman–Crippen LogP) is 3.80. The quantitative estimate of drug-likeness (QED) is 0.569. The number of nitrogens with one attached hydrogen (secondary N) is 1. The van der Waals surface area contributed by atoms with Crippen LogP contribution in [0.3, 0.4) is 0 Å². The Balaban J connectivity index is 1.64. The summed E-state index contributed by atoms with van der Waals surface area (Å²) in [4.78, 5) is 21.1. The summed E-state index contributed by atoms with van der Waals surface area (Å²) in [5.41, 5.74) is 2.59. The van der Waals surface area contributed by atoms with Gasteiger partial charge in [0.15, 0.2) is 5.82 Å². The van der Waals surface area contributed by atoms with E-state index in [1.807, 2.05) is 19.1 Å². The Hall–Kier alpha value is -3.62. The first-order chi connectivity index (χ1) is 13.7. The van der Waals surface area contributed by atoms with Crippen LogP contribution in [0.25, 0.3) is 17.0 Å². The van der Waals surface area contributed by atoms with Crippen molar-refractivity contribution in [3.05, 3.63) is 65.9 Å². The van der Waals surface area contributed by atoms with Gasteiger partial charge in [-0.3, -0.25) is 13.9 Å². The molecule has 0 radical (unpaired) electrons. The number of carbonyl (C=O) groups is 1. The largest absolute Gasteiger partial charge is 0.320 e. The molecule has 4 rings (SSSR count). The molecule has 29 heavy (non-hydrogen) atoms. The minimum absolute atomic E-state index is 0.158. The van der Waals surface area contributed by atoms with Crippen LogP contribution in [0.2, 0.25) is 0 Å². The molecule has 3 aromatic heterocycles. The molecule has 148 valence electrons. The van der Waals surface area contributed by atoms with Crippen LogP contribution in [-0.2, 0) is 13.0 Å². The predicted molar refractivity (Wildman–Crippen MR) is 104 cm³/mol. The highest BCUT2D eigenvalue weighted by Crippen LogP contribution is 2.28. The SMILES string of the molecule is Cc1ccc(-c2ncn(C)n2)cc1NC(=O)c1cnc2cc(C(C)(F)F)ccn12. The lowest BCUT2D eigenvalue weighted by Crippen LogP contribution is -2.15. The molecule has 0 bridgehead atoms. The molecule has 0 aliphatic carbocycles. The molecule has 4 aromatic rings. The molecule has 3 heterocycles. The lowest BCUT2D eigenvalue weighted by molar-refractivity contribution is 0.0175. The van der Waals surface area contributed by atoms with E-state index >= 15 is 0 Å².